The molecule has 0 radical (unpaired) electrons. The summed E-state index contributed by atoms with van der Waals surface area (Å²) in [5.41, 5.74) is 8.36. The van der Waals surface area contributed by atoms with E-state index in [1.165, 1.54) is 67.2 Å². The maximum absolute atomic E-state index is 4.44. The summed E-state index contributed by atoms with van der Waals surface area (Å²) in [5, 5.41) is 3.60. The van der Waals surface area contributed by atoms with Crippen molar-refractivity contribution in [1.29, 1.82) is 0 Å². The molecule has 27 heavy (non-hydrogen) atoms. The van der Waals surface area contributed by atoms with E-state index in [1.807, 2.05) is 0 Å². The van der Waals surface area contributed by atoms with Gasteiger partial charge in [0.2, 0.25) is 0 Å². The van der Waals surface area contributed by atoms with Crippen LogP contribution >= 0.6 is 0 Å². The van der Waals surface area contributed by atoms with Crippen molar-refractivity contribution in [3.8, 4) is 0 Å². The fraction of sp³-hybridized carbons (Fsp3) is 0.520. The second-order valence-electron chi connectivity index (χ2n) is 8.69. The third kappa shape index (κ3) is 5.40. The minimum absolute atomic E-state index is 0.531. The number of hydrogen-bond donors (Lipinski definition) is 1. The Morgan fingerprint density at radius 2 is 2.00 bits per heavy atom. The van der Waals surface area contributed by atoms with Crippen LogP contribution < -0.4 is 5.32 Å². The van der Waals surface area contributed by atoms with Crippen molar-refractivity contribution >= 4 is 12.9 Å². The number of allylic oxidation sites excluding steroid dienone is 3. The van der Waals surface area contributed by atoms with E-state index in [-0.39, 0.29) is 0 Å². The minimum atomic E-state index is 0.531. The third-order valence-electron chi connectivity index (χ3n) is 6.51. The Bertz CT molecular complexity index is 698. The van der Waals surface area contributed by atoms with Crippen LogP contribution in [0.1, 0.15) is 75.0 Å². The largest absolute Gasteiger partial charge is 0.393 e. The summed E-state index contributed by atoms with van der Waals surface area (Å²) in [7, 11) is 1.19. The highest BCUT2D eigenvalue weighted by Gasteiger charge is 2.22. The van der Waals surface area contributed by atoms with Gasteiger partial charge in [-0.05, 0) is 73.0 Å². The molecule has 1 unspecified atom stereocenters. The van der Waals surface area contributed by atoms with Crippen LogP contribution in [0.4, 0.5) is 0 Å². The smallest absolute Gasteiger partial charge is 0.153 e. The number of rotatable bonds is 10. The molecule has 0 saturated heterocycles. The molecule has 1 saturated carbocycles. The molecule has 0 amide bonds. The van der Waals surface area contributed by atoms with E-state index in [0.29, 0.717) is 5.94 Å². The Labute approximate surface area is 167 Å². The molecule has 1 fully saturated rings. The maximum Gasteiger partial charge on any atom is 0.153 e. The van der Waals surface area contributed by atoms with Gasteiger partial charge in [0, 0.05) is 11.6 Å². The first kappa shape index (κ1) is 20.0. The summed E-state index contributed by atoms with van der Waals surface area (Å²) >= 11 is 0. The second kappa shape index (κ2) is 9.49. The molecule has 144 valence electrons. The van der Waals surface area contributed by atoms with Gasteiger partial charge in [0.25, 0.3) is 0 Å². The zero-order valence-electron chi connectivity index (χ0n) is 17.3. The van der Waals surface area contributed by atoms with Crippen molar-refractivity contribution in [2.45, 2.75) is 77.0 Å². The van der Waals surface area contributed by atoms with E-state index in [1.54, 1.807) is 0 Å². The quantitative estimate of drug-likeness (QED) is 0.401. The van der Waals surface area contributed by atoms with Crippen LogP contribution in [-0.4, -0.2) is 13.2 Å². The SMILES string of the molecule is C=C(CCCC(=C)c1cccc2c1CBC(NC(=C)CC)C2)CC1CCC1. The van der Waals surface area contributed by atoms with Crippen LogP contribution in [0.5, 0.6) is 0 Å². The van der Waals surface area contributed by atoms with Crippen molar-refractivity contribution in [3.05, 3.63) is 65.9 Å². The van der Waals surface area contributed by atoms with Crippen LogP contribution in [0.2, 0.25) is 0 Å². The molecule has 1 heterocycles. The fourth-order valence-electron chi connectivity index (χ4n) is 4.55. The van der Waals surface area contributed by atoms with E-state index in [4.69, 9.17) is 0 Å². The molecular weight excluding hydrogens is 325 g/mol. The predicted octanol–water partition coefficient (Wildman–Crippen LogP) is 5.95. The first-order valence-corrected chi connectivity index (χ1v) is 11.0. The van der Waals surface area contributed by atoms with Crippen molar-refractivity contribution in [2.75, 3.05) is 0 Å². The maximum atomic E-state index is 4.44. The van der Waals surface area contributed by atoms with E-state index in [9.17, 15) is 0 Å². The van der Waals surface area contributed by atoms with Crippen molar-refractivity contribution in [2.24, 2.45) is 5.92 Å². The molecule has 1 aromatic carbocycles. The lowest BCUT2D eigenvalue weighted by atomic mass is 9.57. The molecule has 1 aromatic rings. The van der Waals surface area contributed by atoms with Gasteiger partial charge in [0.05, 0.1) is 0 Å². The van der Waals surface area contributed by atoms with Gasteiger partial charge in [0.1, 0.15) is 0 Å². The topological polar surface area (TPSA) is 12.0 Å². The van der Waals surface area contributed by atoms with Gasteiger partial charge in [-0.1, -0.05) is 69.7 Å². The molecule has 1 atom stereocenters. The fourth-order valence-corrected chi connectivity index (χ4v) is 4.55. The van der Waals surface area contributed by atoms with Crippen LogP contribution in [0.25, 0.3) is 5.57 Å². The van der Waals surface area contributed by atoms with E-state index in [0.717, 1.165) is 43.6 Å². The normalized spacial score (nSPS) is 18.8. The molecule has 0 aromatic heterocycles. The zero-order valence-corrected chi connectivity index (χ0v) is 17.3. The van der Waals surface area contributed by atoms with Gasteiger partial charge in [0.15, 0.2) is 7.28 Å². The van der Waals surface area contributed by atoms with Crippen LogP contribution in [0.15, 0.2) is 49.2 Å². The Morgan fingerprint density at radius 1 is 1.19 bits per heavy atom. The number of benzene rings is 1. The molecule has 2 heteroatoms. The molecule has 1 aliphatic heterocycles. The van der Waals surface area contributed by atoms with Gasteiger partial charge in [-0.25, -0.2) is 0 Å². The molecule has 3 rings (SSSR count). The van der Waals surface area contributed by atoms with Crippen LogP contribution in [0.3, 0.4) is 0 Å². The molecule has 1 N–H and O–H groups in total. The van der Waals surface area contributed by atoms with E-state index >= 15 is 0 Å². The Hall–Kier alpha value is -1.70. The lowest BCUT2D eigenvalue weighted by Gasteiger charge is -2.28. The monoisotopic (exact) mass is 361 g/mol. The first-order valence-electron chi connectivity index (χ1n) is 11.0. The van der Waals surface area contributed by atoms with Crippen molar-refractivity contribution in [3.63, 3.8) is 0 Å². The van der Waals surface area contributed by atoms with Crippen molar-refractivity contribution < 1.29 is 0 Å². The van der Waals surface area contributed by atoms with Crippen LogP contribution in [-0.2, 0) is 12.7 Å². The Morgan fingerprint density at radius 3 is 2.70 bits per heavy atom. The summed E-state index contributed by atoms with van der Waals surface area (Å²) in [4.78, 5) is 0. The summed E-state index contributed by atoms with van der Waals surface area (Å²) in [6.45, 7) is 15.0. The lowest BCUT2D eigenvalue weighted by molar-refractivity contribution is 0.311. The molecule has 0 bridgehead atoms. The summed E-state index contributed by atoms with van der Waals surface area (Å²) in [6, 6.07) is 6.80. The molecule has 1 nitrogen and oxygen atoms in total. The molecule has 1 aliphatic carbocycles. The summed E-state index contributed by atoms with van der Waals surface area (Å²) in [6.07, 6.45) is 12.2. The number of hydrogen-bond acceptors (Lipinski definition) is 1. The van der Waals surface area contributed by atoms with Crippen molar-refractivity contribution in [1.82, 2.24) is 5.32 Å². The summed E-state index contributed by atoms with van der Waals surface area (Å²) < 4.78 is 0. The average Bonchev–Trinajstić information content (AvgIpc) is 2.63. The van der Waals surface area contributed by atoms with E-state index in [2.05, 4.69) is 50.2 Å². The zero-order chi connectivity index (χ0) is 19.2. The van der Waals surface area contributed by atoms with Gasteiger partial charge < -0.3 is 5.32 Å². The minimum Gasteiger partial charge on any atom is -0.393 e. The third-order valence-corrected chi connectivity index (χ3v) is 6.51. The molecule has 0 spiro atoms. The molecule has 2 aliphatic rings. The Kier molecular flexibility index (Phi) is 7.04. The highest BCUT2D eigenvalue weighted by Crippen LogP contribution is 2.34. The summed E-state index contributed by atoms with van der Waals surface area (Å²) in [5.74, 6) is 1.47. The highest BCUT2D eigenvalue weighted by atomic mass is 14.9. The predicted molar refractivity (Wildman–Crippen MR) is 121 cm³/mol. The van der Waals surface area contributed by atoms with E-state index < -0.39 is 0 Å². The Balaban J connectivity index is 1.52. The average molecular weight is 361 g/mol. The number of fused-ring (bicyclic) bond motifs is 1. The van der Waals surface area contributed by atoms with Gasteiger partial charge in [-0.15, -0.1) is 0 Å². The first-order chi connectivity index (χ1) is 13.1. The van der Waals surface area contributed by atoms with Gasteiger partial charge in [-0.3, -0.25) is 0 Å². The second-order valence-corrected chi connectivity index (χ2v) is 8.69. The lowest BCUT2D eigenvalue weighted by Crippen LogP contribution is -2.40. The standard InChI is InChI=1S/C25H36BN/c1-5-20(4)27-25-16-22-13-8-14-23(24(22)17-26-25)19(3)10-6-9-18(2)15-21-11-7-12-21/h8,13-14,21,25-27H,2-7,9-12,15-17H2,1H3. The van der Waals surface area contributed by atoms with Gasteiger partial charge in [-0.2, -0.15) is 0 Å². The number of nitrogens with one attached hydrogen (secondary N) is 1. The highest BCUT2D eigenvalue weighted by molar-refractivity contribution is 6.38. The van der Waals surface area contributed by atoms with Gasteiger partial charge >= 0.3 is 0 Å². The van der Waals surface area contributed by atoms with Crippen LogP contribution in [0, 0.1) is 5.92 Å². The molecular formula is C25H36BN.